The van der Waals surface area contributed by atoms with E-state index in [0.717, 1.165) is 6.21 Å². The molecule has 10 heteroatoms. The van der Waals surface area contributed by atoms with Gasteiger partial charge in [-0.1, -0.05) is 51.6 Å². The normalized spacial score (nSPS) is 11.4. The molecule has 0 heterocycles. The highest BCUT2D eigenvalue weighted by Crippen LogP contribution is 2.30. The van der Waals surface area contributed by atoms with Crippen molar-refractivity contribution in [2.24, 2.45) is 10.6 Å². The van der Waals surface area contributed by atoms with Gasteiger partial charge >= 0.3 is 0 Å². The lowest BCUT2D eigenvalue weighted by molar-refractivity contribution is -0.131. The Hall–Kier alpha value is -1.99. The first-order valence-corrected chi connectivity index (χ1v) is 9.29. The van der Waals surface area contributed by atoms with E-state index in [2.05, 4.69) is 20.6 Å². The molecule has 0 aliphatic heterocycles. The van der Waals surface area contributed by atoms with Gasteiger partial charge in [0.25, 0.3) is 0 Å². The zero-order chi connectivity index (χ0) is 20.9. The molecular formula is C18H15Cl4N3O3. The Balaban J connectivity index is 2.31. The maximum atomic E-state index is 12.9. The first-order valence-electron chi connectivity index (χ1n) is 7.78. The van der Waals surface area contributed by atoms with Crippen molar-refractivity contribution in [2.45, 2.75) is 6.92 Å². The number of anilines is 2. The number of carbonyl (C=O) groups is 2. The molecule has 0 radical (unpaired) electrons. The Labute approximate surface area is 181 Å². The van der Waals surface area contributed by atoms with E-state index in [-0.39, 0.29) is 21.4 Å². The van der Waals surface area contributed by atoms with Gasteiger partial charge in [-0.25, -0.2) is 0 Å². The SMILES string of the molecule is CO/N=C\C(C)(C(=O)Nc1ccc(Cl)cc1Cl)C(=O)Nc1ccc(Cl)cc1Cl. The minimum absolute atomic E-state index is 0.216. The fourth-order valence-corrected chi connectivity index (χ4v) is 2.98. The van der Waals surface area contributed by atoms with Gasteiger partial charge in [-0.15, -0.1) is 0 Å². The van der Waals surface area contributed by atoms with Crippen LogP contribution in [0.1, 0.15) is 6.92 Å². The summed E-state index contributed by atoms with van der Waals surface area (Å²) in [6, 6.07) is 9.07. The van der Waals surface area contributed by atoms with Crippen molar-refractivity contribution in [2.75, 3.05) is 17.7 Å². The van der Waals surface area contributed by atoms with E-state index in [1.54, 1.807) is 12.1 Å². The van der Waals surface area contributed by atoms with Crippen LogP contribution in [0.4, 0.5) is 11.4 Å². The van der Waals surface area contributed by atoms with E-state index in [4.69, 9.17) is 46.4 Å². The molecule has 28 heavy (non-hydrogen) atoms. The van der Waals surface area contributed by atoms with Crippen molar-refractivity contribution >= 4 is 75.8 Å². The number of halogens is 4. The second kappa shape index (κ2) is 9.47. The number of benzene rings is 2. The van der Waals surface area contributed by atoms with Gasteiger partial charge in [0.1, 0.15) is 7.11 Å². The lowest BCUT2D eigenvalue weighted by Gasteiger charge is -2.23. The van der Waals surface area contributed by atoms with Gasteiger partial charge in [-0.3, -0.25) is 9.59 Å². The van der Waals surface area contributed by atoms with Crippen LogP contribution in [0.5, 0.6) is 0 Å². The van der Waals surface area contributed by atoms with Crippen LogP contribution in [0.25, 0.3) is 0 Å². The number of amides is 2. The van der Waals surface area contributed by atoms with Crippen LogP contribution >= 0.6 is 46.4 Å². The molecule has 2 amide bonds. The van der Waals surface area contributed by atoms with Crippen LogP contribution < -0.4 is 10.6 Å². The van der Waals surface area contributed by atoms with Crippen molar-refractivity contribution in [3.63, 3.8) is 0 Å². The molecule has 0 fully saturated rings. The molecule has 0 bridgehead atoms. The third kappa shape index (κ3) is 5.29. The number of hydrogen-bond acceptors (Lipinski definition) is 4. The number of rotatable bonds is 6. The Morgan fingerprint density at radius 1 is 0.929 bits per heavy atom. The number of oxime groups is 1. The Morgan fingerprint density at radius 3 is 1.71 bits per heavy atom. The highest BCUT2D eigenvalue weighted by Gasteiger charge is 2.41. The lowest BCUT2D eigenvalue weighted by Crippen LogP contribution is -2.45. The average Bonchev–Trinajstić information content (AvgIpc) is 2.64. The van der Waals surface area contributed by atoms with Crippen LogP contribution in [0.15, 0.2) is 41.6 Å². The van der Waals surface area contributed by atoms with Crippen molar-refractivity contribution < 1.29 is 14.4 Å². The van der Waals surface area contributed by atoms with E-state index >= 15 is 0 Å². The second-order valence-corrected chi connectivity index (χ2v) is 7.46. The molecule has 148 valence electrons. The van der Waals surface area contributed by atoms with Crippen LogP contribution in [0.2, 0.25) is 20.1 Å². The van der Waals surface area contributed by atoms with Crippen LogP contribution in [-0.4, -0.2) is 25.1 Å². The minimum Gasteiger partial charge on any atom is -0.399 e. The number of nitrogens with one attached hydrogen (secondary N) is 2. The van der Waals surface area contributed by atoms with Gasteiger partial charge < -0.3 is 15.5 Å². The molecule has 6 nitrogen and oxygen atoms in total. The first kappa shape index (κ1) is 22.3. The Morgan fingerprint density at radius 2 is 1.36 bits per heavy atom. The number of hydrogen-bond donors (Lipinski definition) is 2. The van der Waals surface area contributed by atoms with Gasteiger partial charge in [0.15, 0.2) is 5.41 Å². The summed E-state index contributed by atoms with van der Waals surface area (Å²) >= 11 is 23.9. The van der Waals surface area contributed by atoms with E-state index in [0.29, 0.717) is 10.0 Å². The molecule has 2 aromatic carbocycles. The third-order valence-corrected chi connectivity index (χ3v) is 4.81. The summed E-state index contributed by atoms with van der Waals surface area (Å²) in [5, 5.41) is 10.0. The number of nitrogens with zero attached hydrogens (tertiary/aromatic N) is 1. The summed E-state index contributed by atoms with van der Waals surface area (Å²) < 4.78 is 0. The summed E-state index contributed by atoms with van der Waals surface area (Å²) in [7, 11) is 1.29. The van der Waals surface area contributed by atoms with E-state index < -0.39 is 17.2 Å². The highest BCUT2D eigenvalue weighted by atomic mass is 35.5. The predicted molar refractivity (Wildman–Crippen MR) is 114 cm³/mol. The summed E-state index contributed by atoms with van der Waals surface area (Å²) in [4.78, 5) is 30.4. The number of carbonyl (C=O) groups excluding carboxylic acids is 2. The molecule has 2 aromatic rings. The summed E-state index contributed by atoms with van der Waals surface area (Å²) in [5.74, 6) is -1.39. The average molecular weight is 463 g/mol. The van der Waals surface area contributed by atoms with Crippen LogP contribution in [0.3, 0.4) is 0 Å². The highest BCUT2D eigenvalue weighted by molar-refractivity contribution is 6.38. The van der Waals surface area contributed by atoms with Crippen molar-refractivity contribution in [3.05, 3.63) is 56.5 Å². The van der Waals surface area contributed by atoms with Gasteiger partial charge in [0, 0.05) is 10.0 Å². The van der Waals surface area contributed by atoms with Crippen molar-refractivity contribution in [1.29, 1.82) is 0 Å². The molecule has 0 saturated heterocycles. The van der Waals surface area contributed by atoms with E-state index in [9.17, 15) is 9.59 Å². The van der Waals surface area contributed by atoms with E-state index in [1.807, 2.05) is 0 Å². The molecule has 0 saturated carbocycles. The molecule has 0 aliphatic rings. The van der Waals surface area contributed by atoms with Crippen molar-refractivity contribution in [3.8, 4) is 0 Å². The summed E-state index contributed by atoms with van der Waals surface area (Å²) in [6.07, 6.45) is 1.07. The Kier molecular flexibility index (Phi) is 7.55. The van der Waals surface area contributed by atoms with E-state index in [1.165, 1.54) is 38.3 Å². The van der Waals surface area contributed by atoms with Crippen molar-refractivity contribution in [1.82, 2.24) is 0 Å². The minimum atomic E-state index is -1.75. The Bertz CT molecular complexity index is 869. The largest absolute Gasteiger partial charge is 0.399 e. The quantitative estimate of drug-likeness (QED) is 0.337. The topological polar surface area (TPSA) is 79.8 Å². The van der Waals surface area contributed by atoms with Crippen LogP contribution in [-0.2, 0) is 14.4 Å². The predicted octanol–water partition coefficient (Wildman–Crippen LogP) is 5.52. The molecular weight excluding hydrogens is 448 g/mol. The molecule has 0 aliphatic carbocycles. The fraction of sp³-hybridized carbons (Fsp3) is 0.167. The molecule has 2 rings (SSSR count). The summed E-state index contributed by atoms with van der Waals surface area (Å²) in [6.45, 7) is 1.37. The van der Waals surface area contributed by atoms with Gasteiger partial charge in [-0.05, 0) is 43.3 Å². The molecule has 0 spiro atoms. The zero-order valence-electron chi connectivity index (χ0n) is 14.7. The third-order valence-electron chi connectivity index (χ3n) is 3.72. The van der Waals surface area contributed by atoms with Gasteiger partial charge in [0.2, 0.25) is 11.8 Å². The lowest BCUT2D eigenvalue weighted by atomic mass is 9.89. The van der Waals surface area contributed by atoms with Gasteiger partial charge in [-0.2, -0.15) is 0 Å². The maximum Gasteiger partial charge on any atom is 0.245 e. The first-order chi connectivity index (χ1) is 13.2. The molecule has 0 atom stereocenters. The standard InChI is InChI=1S/C18H15Cl4N3O3/c1-18(9-23-28-2,16(26)24-14-5-3-10(19)7-12(14)21)17(27)25-15-6-4-11(20)8-13(15)22/h3-9H,1-2H3,(H,24,26)(H,25,27)/b23-9-. The zero-order valence-corrected chi connectivity index (χ0v) is 17.7. The smallest absolute Gasteiger partial charge is 0.245 e. The summed E-state index contributed by atoms with van der Waals surface area (Å²) in [5.41, 5.74) is -1.18. The fourth-order valence-electron chi connectivity index (χ4n) is 2.06. The monoisotopic (exact) mass is 461 g/mol. The molecule has 0 unspecified atom stereocenters. The molecule has 0 aromatic heterocycles. The molecule has 2 N–H and O–H groups in total. The maximum absolute atomic E-state index is 12.9. The second-order valence-electron chi connectivity index (χ2n) is 5.78. The van der Waals surface area contributed by atoms with Crippen LogP contribution in [0, 0.1) is 5.41 Å². The van der Waals surface area contributed by atoms with Gasteiger partial charge in [0.05, 0.1) is 27.6 Å².